The van der Waals surface area contributed by atoms with Crippen molar-refractivity contribution in [1.29, 1.82) is 0 Å². The zero-order valence-electron chi connectivity index (χ0n) is 14.9. The molecule has 128 valence electrons. The van der Waals surface area contributed by atoms with Crippen LogP contribution in [0.3, 0.4) is 0 Å². The quantitative estimate of drug-likeness (QED) is 0.608. The number of hydrogen-bond donors (Lipinski definition) is 3. The van der Waals surface area contributed by atoms with Gasteiger partial charge in [-0.1, -0.05) is 57.7 Å². The molecule has 1 atom stereocenters. The van der Waals surface area contributed by atoms with Gasteiger partial charge in [-0.3, -0.25) is 0 Å². The third-order valence-electron chi connectivity index (χ3n) is 5.02. The largest absolute Gasteiger partial charge is 0.388 e. The lowest BCUT2D eigenvalue weighted by Gasteiger charge is -2.36. The van der Waals surface area contributed by atoms with E-state index in [0.717, 1.165) is 44.9 Å². The fourth-order valence-electron chi connectivity index (χ4n) is 3.52. The Hall–Kier alpha value is -1.32. The van der Waals surface area contributed by atoms with E-state index in [0.29, 0.717) is 0 Å². The number of para-hydroxylation sites is 1. The Labute approximate surface area is 140 Å². The molecule has 3 nitrogen and oxygen atoms in total. The number of fused-ring (bicyclic) bond motifs is 1. The van der Waals surface area contributed by atoms with Crippen LogP contribution in [-0.4, -0.2) is 28.8 Å². The molecular formula is C20H32N2O. The number of unbranched alkanes of at least 4 members (excludes halogenated alkanes) is 2. The van der Waals surface area contributed by atoms with Gasteiger partial charge < -0.3 is 15.4 Å². The van der Waals surface area contributed by atoms with Crippen molar-refractivity contribution >= 4 is 10.9 Å². The summed E-state index contributed by atoms with van der Waals surface area (Å²) in [6, 6.07) is 8.48. The topological polar surface area (TPSA) is 48.0 Å². The molecule has 0 radical (unpaired) electrons. The molecule has 0 amide bonds. The Bertz CT molecular complexity index is 582. The van der Waals surface area contributed by atoms with Gasteiger partial charge >= 0.3 is 0 Å². The minimum absolute atomic E-state index is 0.0832. The summed E-state index contributed by atoms with van der Waals surface area (Å²) >= 11 is 0. The first-order valence-electron chi connectivity index (χ1n) is 9.09. The molecule has 0 aliphatic carbocycles. The highest BCUT2D eigenvalue weighted by Crippen LogP contribution is 2.29. The summed E-state index contributed by atoms with van der Waals surface area (Å²) in [7, 11) is 1.97. The normalized spacial score (nSPS) is 13.6. The molecule has 0 unspecified atom stereocenters. The molecule has 0 aliphatic heterocycles. The highest BCUT2D eigenvalue weighted by molar-refractivity contribution is 5.83. The van der Waals surface area contributed by atoms with Gasteiger partial charge in [0.2, 0.25) is 0 Å². The Morgan fingerprint density at radius 2 is 1.78 bits per heavy atom. The molecule has 2 rings (SSSR count). The van der Waals surface area contributed by atoms with E-state index in [1.54, 1.807) is 0 Å². The van der Waals surface area contributed by atoms with E-state index in [1.807, 2.05) is 7.05 Å². The molecule has 1 aromatic heterocycles. The van der Waals surface area contributed by atoms with Crippen molar-refractivity contribution in [3.63, 3.8) is 0 Å². The summed E-state index contributed by atoms with van der Waals surface area (Å²) in [4.78, 5) is 3.35. The number of hydrogen-bond acceptors (Lipinski definition) is 2. The molecule has 3 N–H and O–H groups in total. The molecule has 1 heterocycles. The Kier molecular flexibility index (Phi) is 6.67. The Balaban J connectivity index is 2.20. The van der Waals surface area contributed by atoms with Gasteiger partial charge in [0, 0.05) is 23.1 Å². The van der Waals surface area contributed by atoms with Crippen LogP contribution in [0.25, 0.3) is 10.9 Å². The maximum Gasteiger partial charge on any atom is 0.0803 e. The molecular weight excluding hydrogens is 284 g/mol. The zero-order valence-corrected chi connectivity index (χ0v) is 14.9. The number of likely N-dealkylation sites (N-methyl/N-ethyl adjacent to an activating group) is 1. The first-order chi connectivity index (χ1) is 11.1. The van der Waals surface area contributed by atoms with Gasteiger partial charge in [0.25, 0.3) is 0 Å². The predicted octanol–water partition coefficient (Wildman–Crippen LogP) is 4.41. The van der Waals surface area contributed by atoms with Gasteiger partial charge in [-0.15, -0.1) is 0 Å². The molecule has 0 bridgehead atoms. The van der Waals surface area contributed by atoms with Gasteiger partial charge in [0.1, 0.15) is 0 Å². The van der Waals surface area contributed by atoms with E-state index in [2.05, 4.69) is 54.6 Å². The lowest BCUT2D eigenvalue weighted by Crippen LogP contribution is -2.51. The molecule has 0 saturated carbocycles. The standard InChI is InChI=1S/C20H32N2O/c1-4-6-12-20(23,13-7-5-2)19(21-3)14-16-15-22-18-11-9-8-10-17(16)18/h8-11,15,19,21-23H,4-7,12-14H2,1-3H3/t19-/m0/s1. The SMILES string of the molecule is CCCCC(O)(CCCC)[C@H](Cc1c[nH]c2ccccc12)NC. The van der Waals surface area contributed by atoms with Crippen LogP contribution >= 0.6 is 0 Å². The number of rotatable bonds is 10. The number of aromatic amines is 1. The highest BCUT2D eigenvalue weighted by atomic mass is 16.3. The third-order valence-corrected chi connectivity index (χ3v) is 5.02. The number of H-pyrrole nitrogens is 1. The van der Waals surface area contributed by atoms with Gasteiger partial charge in [0.05, 0.1) is 5.60 Å². The second-order valence-electron chi connectivity index (χ2n) is 6.72. The lowest BCUT2D eigenvalue weighted by atomic mass is 9.81. The van der Waals surface area contributed by atoms with Crippen LogP contribution in [0.1, 0.15) is 57.9 Å². The van der Waals surface area contributed by atoms with Gasteiger partial charge in [0.15, 0.2) is 0 Å². The Morgan fingerprint density at radius 3 is 2.39 bits per heavy atom. The second kappa shape index (κ2) is 8.51. The summed E-state index contributed by atoms with van der Waals surface area (Å²) in [5.41, 5.74) is 1.83. The first kappa shape index (κ1) is 18.0. The number of aliphatic hydroxyl groups is 1. The van der Waals surface area contributed by atoms with E-state index in [-0.39, 0.29) is 6.04 Å². The average Bonchev–Trinajstić information content (AvgIpc) is 2.99. The van der Waals surface area contributed by atoms with E-state index in [1.165, 1.54) is 16.5 Å². The number of nitrogens with one attached hydrogen (secondary N) is 2. The van der Waals surface area contributed by atoms with Crippen LogP contribution in [-0.2, 0) is 6.42 Å². The maximum atomic E-state index is 11.3. The molecule has 2 aromatic rings. The fourth-order valence-corrected chi connectivity index (χ4v) is 3.52. The second-order valence-corrected chi connectivity index (χ2v) is 6.72. The van der Waals surface area contributed by atoms with Crippen LogP contribution in [0.5, 0.6) is 0 Å². The van der Waals surface area contributed by atoms with Crippen molar-refractivity contribution < 1.29 is 5.11 Å². The van der Waals surface area contributed by atoms with Crippen molar-refractivity contribution in [2.75, 3.05) is 7.05 Å². The summed E-state index contributed by atoms with van der Waals surface area (Å²) in [5, 5.41) is 16.0. The Morgan fingerprint density at radius 1 is 1.13 bits per heavy atom. The summed E-state index contributed by atoms with van der Waals surface area (Å²) in [6.07, 6.45) is 9.09. The molecule has 3 heteroatoms. The van der Waals surface area contributed by atoms with Crippen LogP contribution in [0.15, 0.2) is 30.5 Å². The van der Waals surface area contributed by atoms with E-state index in [4.69, 9.17) is 0 Å². The molecule has 0 saturated heterocycles. The third kappa shape index (κ3) is 4.36. The average molecular weight is 316 g/mol. The number of aromatic nitrogens is 1. The summed E-state index contributed by atoms with van der Waals surface area (Å²) in [6.45, 7) is 4.38. The van der Waals surface area contributed by atoms with Crippen molar-refractivity contribution in [3.05, 3.63) is 36.0 Å². The van der Waals surface area contributed by atoms with Crippen LogP contribution in [0.4, 0.5) is 0 Å². The number of benzene rings is 1. The van der Waals surface area contributed by atoms with E-state index >= 15 is 0 Å². The predicted molar refractivity (Wildman–Crippen MR) is 98.9 cm³/mol. The minimum atomic E-state index is -0.626. The molecule has 0 fully saturated rings. The van der Waals surface area contributed by atoms with Gasteiger partial charge in [-0.2, -0.15) is 0 Å². The van der Waals surface area contributed by atoms with Crippen LogP contribution in [0, 0.1) is 0 Å². The minimum Gasteiger partial charge on any atom is -0.388 e. The molecule has 0 aliphatic rings. The van der Waals surface area contributed by atoms with Gasteiger partial charge in [-0.05, 0) is 37.9 Å². The maximum absolute atomic E-state index is 11.3. The summed E-state index contributed by atoms with van der Waals surface area (Å²) in [5.74, 6) is 0. The molecule has 0 spiro atoms. The van der Waals surface area contributed by atoms with Crippen LogP contribution < -0.4 is 5.32 Å². The smallest absolute Gasteiger partial charge is 0.0803 e. The molecule has 1 aromatic carbocycles. The van der Waals surface area contributed by atoms with Crippen molar-refractivity contribution in [1.82, 2.24) is 10.3 Å². The van der Waals surface area contributed by atoms with E-state index in [9.17, 15) is 5.11 Å². The zero-order chi connectivity index (χ0) is 16.7. The monoisotopic (exact) mass is 316 g/mol. The van der Waals surface area contributed by atoms with E-state index < -0.39 is 5.60 Å². The highest BCUT2D eigenvalue weighted by Gasteiger charge is 2.34. The van der Waals surface area contributed by atoms with Crippen LogP contribution in [0.2, 0.25) is 0 Å². The van der Waals surface area contributed by atoms with Gasteiger partial charge in [-0.25, -0.2) is 0 Å². The van der Waals surface area contributed by atoms with Crippen molar-refractivity contribution in [3.8, 4) is 0 Å². The van der Waals surface area contributed by atoms with Crippen molar-refractivity contribution in [2.24, 2.45) is 0 Å². The fraction of sp³-hybridized carbons (Fsp3) is 0.600. The lowest BCUT2D eigenvalue weighted by molar-refractivity contribution is -0.0155. The molecule has 23 heavy (non-hydrogen) atoms. The first-order valence-corrected chi connectivity index (χ1v) is 9.09. The van der Waals surface area contributed by atoms with Crippen molar-refractivity contribution in [2.45, 2.75) is 70.4 Å². The summed E-state index contributed by atoms with van der Waals surface area (Å²) < 4.78 is 0.